The molecule has 100 valence electrons. The average molecular weight is 250 g/mol. The number of hydrogen-bond acceptors (Lipinski definition) is 3. The molecule has 4 nitrogen and oxygen atoms in total. The summed E-state index contributed by atoms with van der Waals surface area (Å²) in [5.74, 6) is 0.792. The summed E-state index contributed by atoms with van der Waals surface area (Å²) >= 11 is 0. The number of nitrogens with two attached hydrogens (primary N) is 1. The van der Waals surface area contributed by atoms with Crippen LogP contribution in [0.1, 0.15) is 23.1 Å². The Labute approximate surface area is 109 Å². The largest absolute Gasteiger partial charge is 0.493 e. The van der Waals surface area contributed by atoms with Gasteiger partial charge in [0.25, 0.3) is 0 Å². The number of aryl methyl sites for hydroxylation is 3. The maximum atomic E-state index is 10.9. The van der Waals surface area contributed by atoms with E-state index in [-0.39, 0.29) is 12.5 Å². The van der Waals surface area contributed by atoms with Crippen molar-refractivity contribution in [1.29, 1.82) is 0 Å². The molecule has 0 saturated heterocycles. The minimum absolute atomic E-state index is 0.0388. The number of hydrogen-bond donors (Lipinski definition) is 2. The molecule has 0 aromatic heterocycles. The lowest BCUT2D eigenvalue weighted by molar-refractivity contribution is -0.119. The van der Waals surface area contributed by atoms with E-state index in [1.54, 1.807) is 0 Å². The minimum Gasteiger partial charge on any atom is -0.493 e. The van der Waals surface area contributed by atoms with E-state index in [2.05, 4.69) is 31.3 Å². The van der Waals surface area contributed by atoms with E-state index in [0.717, 1.165) is 17.7 Å². The van der Waals surface area contributed by atoms with Gasteiger partial charge in [0.05, 0.1) is 13.2 Å². The fourth-order valence-electron chi connectivity index (χ4n) is 1.64. The van der Waals surface area contributed by atoms with E-state index in [0.29, 0.717) is 13.2 Å². The first-order valence-corrected chi connectivity index (χ1v) is 6.22. The Morgan fingerprint density at radius 1 is 1.22 bits per heavy atom. The molecule has 1 aromatic carbocycles. The molecule has 0 bridgehead atoms. The Kier molecular flexibility index (Phi) is 5.65. The SMILES string of the molecule is Cc1cc(C)c(OCCCNC(=O)CN)cc1C. The molecule has 1 rings (SSSR count). The molecule has 0 heterocycles. The summed E-state index contributed by atoms with van der Waals surface area (Å²) in [4.78, 5) is 10.9. The van der Waals surface area contributed by atoms with E-state index in [1.807, 2.05) is 6.92 Å². The molecule has 0 unspecified atom stereocenters. The lowest BCUT2D eigenvalue weighted by atomic mass is 10.1. The quantitative estimate of drug-likeness (QED) is 0.751. The Morgan fingerprint density at radius 2 is 1.89 bits per heavy atom. The van der Waals surface area contributed by atoms with Gasteiger partial charge in [0.1, 0.15) is 5.75 Å². The van der Waals surface area contributed by atoms with Crippen molar-refractivity contribution in [3.05, 3.63) is 28.8 Å². The van der Waals surface area contributed by atoms with Crippen molar-refractivity contribution in [2.75, 3.05) is 19.7 Å². The van der Waals surface area contributed by atoms with E-state index in [4.69, 9.17) is 10.5 Å². The number of ether oxygens (including phenoxy) is 1. The summed E-state index contributed by atoms with van der Waals surface area (Å²) in [6.45, 7) is 7.43. The third-order valence-electron chi connectivity index (χ3n) is 2.88. The van der Waals surface area contributed by atoms with Gasteiger partial charge >= 0.3 is 0 Å². The summed E-state index contributed by atoms with van der Waals surface area (Å²) < 4.78 is 5.71. The van der Waals surface area contributed by atoms with Crippen molar-refractivity contribution in [2.24, 2.45) is 5.73 Å². The first kappa shape index (κ1) is 14.5. The lowest BCUT2D eigenvalue weighted by Gasteiger charge is -2.12. The molecule has 0 spiro atoms. The second-order valence-electron chi connectivity index (χ2n) is 4.46. The molecule has 4 heteroatoms. The molecule has 0 aliphatic rings. The van der Waals surface area contributed by atoms with Crippen molar-refractivity contribution in [2.45, 2.75) is 27.2 Å². The number of nitrogens with one attached hydrogen (secondary N) is 1. The van der Waals surface area contributed by atoms with E-state index in [1.165, 1.54) is 11.1 Å². The third-order valence-corrected chi connectivity index (χ3v) is 2.88. The minimum atomic E-state index is -0.127. The molecule has 0 saturated carbocycles. The van der Waals surface area contributed by atoms with Crippen LogP contribution in [0.3, 0.4) is 0 Å². The third kappa shape index (κ3) is 4.37. The van der Waals surface area contributed by atoms with Gasteiger partial charge in [0.15, 0.2) is 0 Å². The zero-order valence-corrected chi connectivity index (χ0v) is 11.4. The Morgan fingerprint density at radius 3 is 2.56 bits per heavy atom. The standard InChI is InChI=1S/C14H22N2O2/c1-10-7-12(3)13(8-11(10)2)18-6-4-5-16-14(17)9-15/h7-8H,4-6,9,15H2,1-3H3,(H,16,17). The number of benzene rings is 1. The smallest absolute Gasteiger partial charge is 0.233 e. The van der Waals surface area contributed by atoms with Crippen LogP contribution in [0.5, 0.6) is 5.75 Å². The summed E-state index contributed by atoms with van der Waals surface area (Å²) in [6, 6.07) is 4.18. The summed E-state index contributed by atoms with van der Waals surface area (Å²) in [7, 11) is 0. The molecule has 0 aliphatic carbocycles. The predicted octanol–water partition coefficient (Wildman–Crippen LogP) is 1.46. The molecule has 0 atom stereocenters. The van der Waals surface area contributed by atoms with Gasteiger partial charge in [-0.15, -0.1) is 0 Å². The van der Waals surface area contributed by atoms with Gasteiger partial charge in [-0.1, -0.05) is 6.07 Å². The summed E-state index contributed by atoms with van der Waals surface area (Å²) in [5, 5.41) is 2.71. The van der Waals surface area contributed by atoms with Crippen LogP contribution >= 0.6 is 0 Å². The molecular weight excluding hydrogens is 228 g/mol. The van der Waals surface area contributed by atoms with Gasteiger partial charge in [0.2, 0.25) is 5.91 Å². The number of carbonyl (C=O) groups excluding carboxylic acids is 1. The van der Waals surface area contributed by atoms with Gasteiger partial charge in [-0.3, -0.25) is 4.79 Å². The molecule has 0 fully saturated rings. The topological polar surface area (TPSA) is 64.3 Å². The molecule has 0 aliphatic heterocycles. The van der Waals surface area contributed by atoms with Crippen LogP contribution in [0.4, 0.5) is 0 Å². The van der Waals surface area contributed by atoms with Gasteiger partial charge in [-0.05, 0) is 49.9 Å². The first-order chi connectivity index (χ1) is 8.54. The summed E-state index contributed by atoms with van der Waals surface area (Å²) in [5.41, 5.74) is 8.83. The van der Waals surface area contributed by atoms with E-state index in [9.17, 15) is 4.79 Å². The van der Waals surface area contributed by atoms with Gasteiger partial charge in [0, 0.05) is 6.54 Å². The van der Waals surface area contributed by atoms with Crippen LogP contribution in [0.2, 0.25) is 0 Å². The van der Waals surface area contributed by atoms with Crippen LogP contribution in [-0.2, 0) is 4.79 Å². The van der Waals surface area contributed by atoms with Gasteiger partial charge in [-0.25, -0.2) is 0 Å². The van der Waals surface area contributed by atoms with Crippen LogP contribution in [0.15, 0.2) is 12.1 Å². The van der Waals surface area contributed by atoms with Crippen molar-refractivity contribution >= 4 is 5.91 Å². The molecule has 3 N–H and O–H groups in total. The zero-order chi connectivity index (χ0) is 13.5. The number of amides is 1. The molecular formula is C14H22N2O2. The van der Waals surface area contributed by atoms with E-state index < -0.39 is 0 Å². The molecule has 1 aromatic rings. The van der Waals surface area contributed by atoms with Crippen molar-refractivity contribution in [1.82, 2.24) is 5.32 Å². The van der Waals surface area contributed by atoms with Crippen molar-refractivity contribution in [3.63, 3.8) is 0 Å². The molecule has 18 heavy (non-hydrogen) atoms. The fourth-order valence-corrected chi connectivity index (χ4v) is 1.64. The second kappa shape index (κ2) is 7.01. The number of rotatable bonds is 6. The second-order valence-corrected chi connectivity index (χ2v) is 4.46. The van der Waals surface area contributed by atoms with Crippen molar-refractivity contribution < 1.29 is 9.53 Å². The maximum Gasteiger partial charge on any atom is 0.233 e. The Balaban J connectivity index is 2.36. The highest BCUT2D eigenvalue weighted by atomic mass is 16.5. The fraction of sp³-hybridized carbons (Fsp3) is 0.500. The predicted molar refractivity (Wildman–Crippen MR) is 72.8 cm³/mol. The van der Waals surface area contributed by atoms with Crippen LogP contribution in [0.25, 0.3) is 0 Å². The monoisotopic (exact) mass is 250 g/mol. The highest BCUT2D eigenvalue weighted by Gasteiger charge is 2.03. The van der Waals surface area contributed by atoms with E-state index >= 15 is 0 Å². The molecule has 1 amide bonds. The number of carbonyl (C=O) groups is 1. The summed E-state index contributed by atoms with van der Waals surface area (Å²) in [6.07, 6.45) is 0.776. The van der Waals surface area contributed by atoms with Gasteiger partial charge < -0.3 is 15.8 Å². The maximum absolute atomic E-state index is 10.9. The van der Waals surface area contributed by atoms with Crippen LogP contribution in [0, 0.1) is 20.8 Å². The van der Waals surface area contributed by atoms with Crippen molar-refractivity contribution in [3.8, 4) is 5.75 Å². The zero-order valence-electron chi connectivity index (χ0n) is 11.4. The first-order valence-electron chi connectivity index (χ1n) is 6.22. The van der Waals surface area contributed by atoms with Crippen LogP contribution in [-0.4, -0.2) is 25.6 Å². The van der Waals surface area contributed by atoms with Crippen LogP contribution < -0.4 is 15.8 Å². The molecule has 0 radical (unpaired) electrons. The normalized spacial score (nSPS) is 10.2. The highest BCUT2D eigenvalue weighted by Crippen LogP contribution is 2.22. The lowest BCUT2D eigenvalue weighted by Crippen LogP contribution is -2.31. The Bertz CT molecular complexity index is 417. The average Bonchev–Trinajstić information content (AvgIpc) is 2.34. The highest BCUT2D eigenvalue weighted by molar-refractivity contribution is 5.77. The Hall–Kier alpha value is -1.55. The van der Waals surface area contributed by atoms with Gasteiger partial charge in [-0.2, -0.15) is 0 Å².